The zero-order valence-electron chi connectivity index (χ0n) is 13.0. The van der Waals surface area contributed by atoms with Gasteiger partial charge in [-0.3, -0.25) is 9.48 Å². The van der Waals surface area contributed by atoms with Crippen LogP contribution in [-0.4, -0.2) is 35.4 Å². The Labute approximate surface area is 130 Å². The molecule has 6 heteroatoms. The molecule has 0 aliphatic rings. The van der Waals surface area contributed by atoms with Crippen LogP contribution < -0.4 is 15.4 Å². The number of hydrogen-bond donors (Lipinski definition) is 2. The molecule has 118 valence electrons. The van der Waals surface area contributed by atoms with Gasteiger partial charge in [-0.15, -0.1) is 0 Å². The first kappa shape index (κ1) is 16.0. The molecule has 0 radical (unpaired) electrons. The van der Waals surface area contributed by atoms with Crippen molar-refractivity contribution in [1.82, 2.24) is 20.4 Å². The van der Waals surface area contributed by atoms with Crippen LogP contribution in [0.5, 0.6) is 5.75 Å². The molecule has 0 aliphatic heterocycles. The first-order valence-electron chi connectivity index (χ1n) is 7.28. The Morgan fingerprint density at radius 2 is 2.27 bits per heavy atom. The third-order valence-electron chi connectivity index (χ3n) is 3.26. The summed E-state index contributed by atoms with van der Waals surface area (Å²) >= 11 is 0. The van der Waals surface area contributed by atoms with Crippen LogP contribution in [0.3, 0.4) is 0 Å². The zero-order chi connectivity index (χ0) is 15.8. The number of methoxy groups -OCH3 is 1. The van der Waals surface area contributed by atoms with E-state index in [4.69, 9.17) is 4.74 Å². The lowest BCUT2D eigenvalue weighted by molar-refractivity contribution is -0.120. The highest BCUT2D eigenvalue weighted by Gasteiger charge is 2.06. The molecule has 2 aromatic rings. The number of carbonyl (C=O) groups excluding carboxylic acids is 1. The van der Waals surface area contributed by atoms with Crippen molar-refractivity contribution >= 4 is 5.91 Å². The van der Waals surface area contributed by atoms with Gasteiger partial charge in [0.2, 0.25) is 5.91 Å². The maximum Gasteiger partial charge on any atom is 0.234 e. The van der Waals surface area contributed by atoms with Crippen molar-refractivity contribution in [3.05, 3.63) is 48.3 Å². The van der Waals surface area contributed by atoms with Gasteiger partial charge in [-0.2, -0.15) is 5.10 Å². The largest absolute Gasteiger partial charge is 0.497 e. The van der Waals surface area contributed by atoms with Crippen LogP contribution >= 0.6 is 0 Å². The van der Waals surface area contributed by atoms with E-state index in [9.17, 15) is 4.79 Å². The highest BCUT2D eigenvalue weighted by atomic mass is 16.5. The van der Waals surface area contributed by atoms with Gasteiger partial charge >= 0.3 is 0 Å². The zero-order valence-corrected chi connectivity index (χ0v) is 13.0. The molecule has 6 nitrogen and oxygen atoms in total. The predicted octanol–water partition coefficient (Wildman–Crippen LogP) is 1.19. The number of aromatic nitrogens is 2. The van der Waals surface area contributed by atoms with Gasteiger partial charge in [0.15, 0.2) is 0 Å². The highest BCUT2D eigenvalue weighted by Crippen LogP contribution is 2.11. The van der Waals surface area contributed by atoms with E-state index in [1.54, 1.807) is 13.3 Å². The molecule has 1 aromatic heterocycles. The fraction of sp³-hybridized carbons (Fsp3) is 0.375. The van der Waals surface area contributed by atoms with Crippen molar-refractivity contribution < 1.29 is 9.53 Å². The van der Waals surface area contributed by atoms with Crippen molar-refractivity contribution in [3.63, 3.8) is 0 Å². The SMILES string of the molecule is COc1cccc(CNC(=O)CN[C@H](C)Cn2cccn2)c1. The summed E-state index contributed by atoms with van der Waals surface area (Å²) in [6, 6.07) is 9.70. The van der Waals surface area contributed by atoms with Crippen molar-refractivity contribution in [2.24, 2.45) is 0 Å². The smallest absolute Gasteiger partial charge is 0.234 e. The minimum absolute atomic E-state index is 0.0323. The van der Waals surface area contributed by atoms with E-state index >= 15 is 0 Å². The molecule has 22 heavy (non-hydrogen) atoms. The minimum Gasteiger partial charge on any atom is -0.497 e. The van der Waals surface area contributed by atoms with E-state index in [1.165, 1.54) is 0 Å². The van der Waals surface area contributed by atoms with E-state index in [1.807, 2.05) is 48.1 Å². The quantitative estimate of drug-likeness (QED) is 0.768. The van der Waals surface area contributed by atoms with Gasteiger partial charge < -0.3 is 15.4 Å². The monoisotopic (exact) mass is 302 g/mol. The summed E-state index contributed by atoms with van der Waals surface area (Å²) in [5.41, 5.74) is 1.01. The fourth-order valence-electron chi connectivity index (χ4n) is 2.07. The molecule has 0 fully saturated rings. The van der Waals surface area contributed by atoms with Crippen LogP contribution in [0.4, 0.5) is 0 Å². The lowest BCUT2D eigenvalue weighted by Gasteiger charge is -2.14. The summed E-state index contributed by atoms with van der Waals surface area (Å²) in [6.45, 7) is 3.53. The minimum atomic E-state index is -0.0323. The van der Waals surface area contributed by atoms with Crippen LogP contribution in [-0.2, 0) is 17.9 Å². The van der Waals surface area contributed by atoms with Crippen LogP contribution in [0, 0.1) is 0 Å². The number of ether oxygens (including phenoxy) is 1. The lowest BCUT2D eigenvalue weighted by atomic mass is 10.2. The van der Waals surface area contributed by atoms with Gasteiger partial charge in [0.25, 0.3) is 0 Å². The van der Waals surface area contributed by atoms with Gasteiger partial charge in [-0.05, 0) is 30.7 Å². The number of amides is 1. The van der Waals surface area contributed by atoms with Crippen LogP contribution in [0.25, 0.3) is 0 Å². The topological polar surface area (TPSA) is 68.2 Å². The molecular formula is C16H22N4O2. The molecular weight excluding hydrogens is 280 g/mol. The fourth-order valence-corrected chi connectivity index (χ4v) is 2.07. The van der Waals surface area contributed by atoms with Gasteiger partial charge in [-0.1, -0.05) is 12.1 Å². The van der Waals surface area contributed by atoms with E-state index in [0.29, 0.717) is 6.54 Å². The average Bonchev–Trinajstić information content (AvgIpc) is 3.04. The molecule has 0 unspecified atom stereocenters. The third kappa shape index (κ3) is 5.21. The first-order chi connectivity index (χ1) is 10.7. The standard InChI is InChI=1S/C16H22N4O2/c1-13(12-20-8-4-7-19-20)17-11-16(21)18-10-14-5-3-6-15(9-14)22-2/h3-9,13,17H,10-12H2,1-2H3,(H,18,21)/t13-/m1/s1. The number of hydrogen-bond acceptors (Lipinski definition) is 4. The second kappa shape index (κ2) is 8.19. The third-order valence-corrected chi connectivity index (χ3v) is 3.26. The number of nitrogens with zero attached hydrogens (tertiary/aromatic N) is 2. The molecule has 2 rings (SSSR count). The Morgan fingerprint density at radius 3 is 3.00 bits per heavy atom. The predicted molar refractivity (Wildman–Crippen MR) is 84.5 cm³/mol. The Hall–Kier alpha value is -2.34. The van der Waals surface area contributed by atoms with Gasteiger partial charge in [0.1, 0.15) is 5.75 Å². The molecule has 0 saturated heterocycles. The molecule has 0 saturated carbocycles. The Morgan fingerprint density at radius 1 is 1.41 bits per heavy atom. The molecule has 1 atom stereocenters. The van der Waals surface area contributed by atoms with Crippen LogP contribution in [0.1, 0.15) is 12.5 Å². The Kier molecular flexibility index (Phi) is 5.97. The van der Waals surface area contributed by atoms with Gasteiger partial charge in [0, 0.05) is 25.0 Å². The Bertz CT molecular complexity index is 584. The molecule has 1 aromatic carbocycles. The molecule has 0 spiro atoms. The molecule has 0 bridgehead atoms. The molecule has 0 aliphatic carbocycles. The summed E-state index contributed by atoms with van der Waals surface area (Å²) in [5.74, 6) is 0.757. The van der Waals surface area contributed by atoms with E-state index < -0.39 is 0 Å². The second-order valence-corrected chi connectivity index (χ2v) is 5.14. The van der Waals surface area contributed by atoms with Crippen molar-refractivity contribution in [2.45, 2.75) is 26.1 Å². The number of carbonyl (C=O) groups is 1. The van der Waals surface area contributed by atoms with Crippen LogP contribution in [0.15, 0.2) is 42.7 Å². The van der Waals surface area contributed by atoms with E-state index in [-0.39, 0.29) is 18.5 Å². The van der Waals surface area contributed by atoms with Crippen molar-refractivity contribution in [2.75, 3.05) is 13.7 Å². The molecule has 1 heterocycles. The summed E-state index contributed by atoms with van der Waals surface area (Å²) in [5, 5.41) is 10.2. The normalized spacial score (nSPS) is 11.9. The van der Waals surface area contributed by atoms with Crippen molar-refractivity contribution in [3.8, 4) is 5.75 Å². The maximum atomic E-state index is 11.9. The second-order valence-electron chi connectivity index (χ2n) is 5.14. The highest BCUT2D eigenvalue weighted by molar-refractivity contribution is 5.78. The van der Waals surface area contributed by atoms with E-state index in [2.05, 4.69) is 15.7 Å². The van der Waals surface area contributed by atoms with Gasteiger partial charge in [-0.25, -0.2) is 0 Å². The number of nitrogens with one attached hydrogen (secondary N) is 2. The summed E-state index contributed by atoms with van der Waals surface area (Å²) < 4.78 is 7.00. The van der Waals surface area contributed by atoms with Gasteiger partial charge in [0.05, 0.1) is 20.2 Å². The summed E-state index contributed by atoms with van der Waals surface area (Å²) in [6.07, 6.45) is 3.65. The maximum absolute atomic E-state index is 11.9. The lowest BCUT2D eigenvalue weighted by Crippen LogP contribution is -2.39. The summed E-state index contributed by atoms with van der Waals surface area (Å²) in [7, 11) is 1.63. The number of benzene rings is 1. The van der Waals surface area contributed by atoms with Crippen LogP contribution in [0.2, 0.25) is 0 Å². The molecule has 2 N–H and O–H groups in total. The first-order valence-corrected chi connectivity index (χ1v) is 7.28. The van der Waals surface area contributed by atoms with E-state index in [0.717, 1.165) is 17.9 Å². The average molecular weight is 302 g/mol. The number of rotatable bonds is 8. The Balaban J connectivity index is 1.69. The molecule has 1 amide bonds. The summed E-state index contributed by atoms with van der Waals surface area (Å²) in [4.78, 5) is 11.9. The van der Waals surface area contributed by atoms with Crippen molar-refractivity contribution in [1.29, 1.82) is 0 Å².